The first kappa shape index (κ1) is 32.3. The highest BCUT2D eigenvalue weighted by molar-refractivity contribution is 6.34. The maximum Gasteiger partial charge on any atom is 0.333 e. The molecule has 0 saturated carbocycles. The van der Waals surface area contributed by atoms with E-state index in [1.165, 1.54) is 0 Å². The average Bonchev–Trinajstić information content (AvgIpc) is 2.89. The molecule has 1 unspecified atom stereocenters. The van der Waals surface area contributed by atoms with E-state index in [1.807, 2.05) is 45.0 Å². The summed E-state index contributed by atoms with van der Waals surface area (Å²) in [5, 5.41) is 13.6. The molecule has 1 atom stereocenters. The third kappa shape index (κ3) is 10.3. The molecule has 220 valence electrons. The van der Waals surface area contributed by atoms with E-state index in [1.54, 1.807) is 30.0 Å². The number of nitrogens with zero attached hydrogens (tertiary/aromatic N) is 1. The fourth-order valence-corrected chi connectivity index (χ4v) is 5.31. The summed E-state index contributed by atoms with van der Waals surface area (Å²) in [6.45, 7) is 9.29. The van der Waals surface area contributed by atoms with Gasteiger partial charge in [0.25, 0.3) is 0 Å². The van der Waals surface area contributed by atoms with E-state index in [-0.39, 0.29) is 19.1 Å². The van der Waals surface area contributed by atoms with E-state index in [0.29, 0.717) is 41.9 Å². The third-order valence-electron chi connectivity index (χ3n) is 6.63. The van der Waals surface area contributed by atoms with Crippen LogP contribution in [0.1, 0.15) is 41.2 Å². The molecule has 0 aromatic heterocycles. The number of carbonyl (C=O) groups is 2. The molecule has 3 aromatic carbocycles. The summed E-state index contributed by atoms with van der Waals surface area (Å²) >= 11 is 12.3. The number of hydrogen-bond donors (Lipinski definition) is 2. The van der Waals surface area contributed by atoms with Crippen LogP contribution in [0.2, 0.25) is 10.0 Å². The van der Waals surface area contributed by atoms with Crippen LogP contribution in [0, 0.1) is 20.8 Å². The lowest BCUT2D eigenvalue weighted by atomic mass is 10.1. The van der Waals surface area contributed by atoms with Gasteiger partial charge in [-0.2, -0.15) is 0 Å². The average molecular weight is 602 g/mol. The predicted octanol–water partition coefficient (Wildman–Crippen LogP) is 7.50. The molecule has 0 aliphatic rings. The number of carbonyl (C=O) groups excluding carboxylic acids is 1. The predicted molar refractivity (Wildman–Crippen MR) is 165 cm³/mol. The first-order valence-electron chi connectivity index (χ1n) is 13.7. The molecule has 2 N–H and O–H groups in total. The lowest BCUT2D eigenvalue weighted by Crippen LogP contribution is -2.39. The summed E-state index contributed by atoms with van der Waals surface area (Å²) in [5.74, 6) is -0.351. The molecule has 0 aliphatic heterocycles. The van der Waals surface area contributed by atoms with Crippen molar-refractivity contribution in [3.63, 3.8) is 0 Å². The molecule has 9 heteroatoms. The molecule has 0 fully saturated rings. The molecular formula is C32H38Cl2N2O5. The van der Waals surface area contributed by atoms with Gasteiger partial charge >= 0.3 is 12.0 Å². The molecule has 7 nitrogen and oxygen atoms in total. The number of aryl methyl sites for hydroxylation is 4. The zero-order valence-corrected chi connectivity index (χ0v) is 25.5. The number of carboxylic acid groups (broad SMARTS) is 1. The van der Waals surface area contributed by atoms with Crippen molar-refractivity contribution >= 4 is 40.9 Å². The lowest BCUT2D eigenvalue weighted by Gasteiger charge is -2.24. The Bertz CT molecular complexity index is 1290. The molecule has 3 aromatic rings. The van der Waals surface area contributed by atoms with Crippen LogP contribution in [-0.2, 0) is 22.4 Å². The van der Waals surface area contributed by atoms with Gasteiger partial charge in [0.1, 0.15) is 12.4 Å². The van der Waals surface area contributed by atoms with Gasteiger partial charge in [-0.1, -0.05) is 53.0 Å². The standard InChI is InChI=1S/C32H38Cl2N2O5/c1-5-40-29(31(37)38)19-24-8-10-28(11-9-24)41-14-13-36(12-6-7-25-17-26(33)20-27(34)18-25)32(39)35-30-22(3)15-21(2)16-23(30)4/h8-11,15-18,20,29H,5-7,12-14,19H2,1-4H3,(H,35,39)(H,37,38). The first-order chi connectivity index (χ1) is 19.5. The van der Waals surface area contributed by atoms with Crippen molar-refractivity contribution in [3.05, 3.63) is 92.5 Å². The zero-order valence-electron chi connectivity index (χ0n) is 24.0. The topological polar surface area (TPSA) is 88.1 Å². The maximum atomic E-state index is 13.4. The van der Waals surface area contributed by atoms with Gasteiger partial charge in [-0.05, 0) is 93.1 Å². The summed E-state index contributed by atoms with van der Waals surface area (Å²) in [5.41, 5.74) is 5.83. The molecule has 2 amide bonds. The van der Waals surface area contributed by atoms with Gasteiger partial charge in [0, 0.05) is 35.3 Å². The Morgan fingerprint density at radius 3 is 2.15 bits per heavy atom. The van der Waals surface area contributed by atoms with Gasteiger partial charge in [-0.3, -0.25) is 0 Å². The molecule has 3 rings (SSSR count). The minimum absolute atomic E-state index is 0.196. The number of urea groups is 1. The molecule has 41 heavy (non-hydrogen) atoms. The second kappa shape index (κ2) is 15.7. The van der Waals surface area contributed by atoms with Crippen LogP contribution in [-0.4, -0.2) is 54.4 Å². The van der Waals surface area contributed by atoms with Gasteiger partial charge in [0.2, 0.25) is 0 Å². The van der Waals surface area contributed by atoms with E-state index in [2.05, 4.69) is 17.4 Å². The molecular weight excluding hydrogens is 563 g/mol. The Morgan fingerprint density at radius 1 is 0.927 bits per heavy atom. The minimum Gasteiger partial charge on any atom is -0.492 e. The van der Waals surface area contributed by atoms with Crippen molar-refractivity contribution in [3.8, 4) is 5.75 Å². The Morgan fingerprint density at radius 2 is 1.56 bits per heavy atom. The van der Waals surface area contributed by atoms with Crippen LogP contribution in [0.25, 0.3) is 0 Å². The highest BCUT2D eigenvalue weighted by atomic mass is 35.5. The highest BCUT2D eigenvalue weighted by Crippen LogP contribution is 2.23. The number of rotatable bonds is 14. The fraction of sp³-hybridized carbons (Fsp3) is 0.375. The lowest BCUT2D eigenvalue weighted by molar-refractivity contribution is -0.149. The van der Waals surface area contributed by atoms with Crippen molar-refractivity contribution in [1.29, 1.82) is 0 Å². The number of carboxylic acids is 1. The van der Waals surface area contributed by atoms with Crippen LogP contribution in [0.4, 0.5) is 10.5 Å². The summed E-state index contributed by atoms with van der Waals surface area (Å²) in [6, 6.07) is 16.6. The van der Waals surface area contributed by atoms with Gasteiger partial charge in [0.15, 0.2) is 6.10 Å². The number of amides is 2. The van der Waals surface area contributed by atoms with Crippen molar-refractivity contribution in [2.45, 2.75) is 53.1 Å². The first-order valence-corrected chi connectivity index (χ1v) is 14.5. The fourth-order valence-electron chi connectivity index (χ4n) is 4.74. The van der Waals surface area contributed by atoms with Gasteiger partial charge in [-0.15, -0.1) is 0 Å². The number of halogens is 2. The molecule has 0 bridgehead atoms. The molecule has 0 spiro atoms. The van der Waals surface area contributed by atoms with Crippen LogP contribution in [0.3, 0.4) is 0 Å². The van der Waals surface area contributed by atoms with E-state index in [0.717, 1.165) is 39.9 Å². The van der Waals surface area contributed by atoms with Crippen LogP contribution >= 0.6 is 23.2 Å². The number of aliphatic carboxylic acids is 1. The third-order valence-corrected chi connectivity index (χ3v) is 7.07. The number of anilines is 1. The number of ether oxygens (including phenoxy) is 2. The van der Waals surface area contributed by atoms with Crippen LogP contribution in [0.15, 0.2) is 54.6 Å². The Kier molecular flexibility index (Phi) is 12.3. The van der Waals surface area contributed by atoms with Crippen molar-refractivity contribution in [2.75, 3.05) is 31.6 Å². The molecule has 0 heterocycles. The Labute approximate surface area is 252 Å². The van der Waals surface area contributed by atoms with E-state index >= 15 is 0 Å². The minimum atomic E-state index is -0.986. The second-order valence-corrected chi connectivity index (χ2v) is 10.9. The largest absolute Gasteiger partial charge is 0.492 e. The van der Waals surface area contributed by atoms with E-state index < -0.39 is 12.1 Å². The Hall–Kier alpha value is -3.26. The second-order valence-electron chi connectivity index (χ2n) is 10.1. The van der Waals surface area contributed by atoms with Gasteiger partial charge in [0.05, 0.1) is 6.54 Å². The van der Waals surface area contributed by atoms with Crippen LogP contribution in [0.5, 0.6) is 5.75 Å². The highest BCUT2D eigenvalue weighted by Gasteiger charge is 2.19. The number of benzene rings is 3. The SMILES string of the molecule is CCOC(Cc1ccc(OCCN(CCCc2cc(Cl)cc(Cl)c2)C(=O)Nc2c(C)cc(C)cc2C)cc1)C(=O)O. The van der Waals surface area contributed by atoms with Gasteiger partial charge < -0.3 is 24.8 Å². The summed E-state index contributed by atoms with van der Waals surface area (Å²) in [4.78, 5) is 26.5. The number of nitrogens with one attached hydrogen (secondary N) is 1. The Balaban J connectivity index is 1.64. The zero-order chi connectivity index (χ0) is 29.9. The maximum absolute atomic E-state index is 13.4. The summed E-state index contributed by atoms with van der Waals surface area (Å²) in [6.07, 6.45) is 0.818. The summed E-state index contributed by atoms with van der Waals surface area (Å²) in [7, 11) is 0. The monoisotopic (exact) mass is 600 g/mol. The normalized spacial score (nSPS) is 11.7. The van der Waals surface area contributed by atoms with Gasteiger partial charge in [-0.25, -0.2) is 9.59 Å². The molecule has 0 radical (unpaired) electrons. The van der Waals surface area contributed by atoms with Crippen molar-refractivity contribution in [1.82, 2.24) is 4.90 Å². The van der Waals surface area contributed by atoms with Crippen LogP contribution < -0.4 is 10.1 Å². The molecule has 0 aliphatic carbocycles. The quantitative estimate of drug-likeness (QED) is 0.200. The van der Waals surface area contributed by atoms with Crippen molar-refractivity contribution in [2.24, 2.45) is 0 Å². The smallest absolute Gasteiger partial charge is 0.333 e. The summed E-state index contributed by atoms with van der Waals surface area (Å²) < 4.78 is 11.2. The van der Waals surface area contributed by atoms with E-state index in [4.69, 9.17) is 32.7 Å². The number of hydrogen-bond acceptors (Lipinski definition) is 4. The van der Waals surface area contributed by atoms with E-state index in [9.17, 15) is 14.7 Å². The van der Waals surface area contributed by atoms with Crippen molar-refractivity contribution < 1.29 is 24.2 Å². The molecule has 0 saturated heterocycles.